The van der Waals surface area contributed by atoms with Gasteiger partial charge in [0.2, 0.25) is 11.7 Å². The van der Waals surface area contributed by atoms with E-state index >= 15 is 0 Å². The largest absolute Gasteiger partial charge is 0.339 e. The van der Waals surface area contributed by atoms with E-state index in [2.05, 4.69) is 32.9 Å². The van der Waals surface area contributed by atoms with Gasteiger partial charge in [0.15, 0.2) is 0 Å². The zero-order chi connectivity index (χ0) is 21.0. The number of hydrogen-bond acceptors (Lipinski definition) is 6. The molecule has 6 heteroatoms. The van der Waals surface area contributed by atoms with Crippen molar-refractivity contribution in [1.82, 2.24) is 24.9 Å². The number of benzene rings is 1. The van der Waals surface area contributed by atoms with Crippen molar-refractivity contribution in [3.8, 4) is 11.4 Å². The predicted octanol–water partition coefficient (Wildman–Crippen LogP) is 4.19. The lowest BCUT2D eigenvalue weighted by atomic mass is 9.90. The molecule has 0 radical (unpaired) electrons. The highest BCUT2D eigenvalue weighted by molar-refractivity contribution is 5.53. The second-order valence-corrected chi connectivity index (χ2v) is 8.85. The molecule has 0 saturated carbocycles. The summed E-state index contributed by atoms with van der Waals surface area (Å²) in [5.41, 5.74) is 2.26. The first-order chi connectivity index (χ1) is 15.3. The van der Waals surface area contributed by atoms with E-state index in [1.807, 2.05) is 48.8 Å². The second-order valence-electron chi connectivity index (χ2n) is 8.85. The zero-order valence-electron chi connectivity index (χ0n) is 18.2. The van der Waals surface area contributed by atoms with Crippen molar-refractivity contribution in [3.05, 3.63) is 66.3 Å². The molecule has 1 aromatic carbocycles. The van der Waals surface area contributed by atoms with Crippen LogP contribution in [0.15, 0.2) is 59.4 Å². The van der Waals surface area contributed by atoms with Crippen LogP contribution < -0.4 is 0 Å². The summed E-state index contributed by atoms with van der Waals surface area (Å²) < 4.78 is 5.82. The van der Waals surface area contributed by atoms with Gasteiger partial charge in [-0.25, -0.2) is 0 Å². The molecule has 0 amide bonds. The second kappa shape index (κ2) is 9.28. The molecule has 2 fully saturated rings. The van der Waals surface area contributed by atoms with E-state index in [1.54, 1.807) is 0 Å². The highest BCUT2D eigenvalue weighted by atomic mass is 16.5. The van der Waals surface area contributed by atoms with Gasteiger partial charge in [-0.3, -0.25) is 9.88 Å². The van der Waals surface area contributed by atoms with E-state index in [9.17, 15) is 0 Å². The molecule has 2 saturated heterocycles. The van der Waals surface area contributed by atoms with Gasteiger partial charge in [0.25, 0.3) is 0 Å². The van der Waals surface area contributed by atoms with Gasteiger partial charge >= 0.3 is 0 Å². The Balaban J connectivity index is 1.37. The van der Waals surface area contributed by atoms with Crippen LogP contribution in [0.2, 0.25) is 0 Å². The fraction of sp³-hybridized carbons (Fsp3) is 0.480. The Morgan fingerprint density at radius 3 is 2.55 bits per heavy atom. The topological polar surface area (TPSA) is 58.3 Å². The van der Waals surface area contributed by atoms with E-state index < -0.39 is 0 Å². The fourth-order valence-corrected chi connectivity index (χ4v) is 5.23. The molecule has 3 aromatic rings. The van der Waals surface area contributed by atoms with Gasteiger partial charge in [0, 0.05) is 43.0 Å². The van der Waals surface area contributed by atoms with E-state index in [4.69, 9.17) is 9.51 Å². The summed E-state index contributed by atoms with van der Waals surface area (Å²) in [5.74, 6) is 1.94. The summed E-state index contributed by atoms with van der Waals surface area (Å²) in [4.78, 5) is 14.5. The van der Waals surface area contributed by atoms with Crippen LogP contribution in [0.1, 0.15) is 49.5 Å². The third kappa shape index (κ3) is 4.41. The predicted molar refractivity (Wildman–Crippen MR) is 121 cm³/mol. The minimum Gasteiger partial charge on any atom is -0.339 e. The Hall–Kier alpha value is -2.57. The number of pyridine rings is 1. The van der Waals surface area contributed by atoms with Gasteiger partial charge in [-0.15, -0.1) is 0 Å². The van der Waals surface area contributed by atoms with Crippen molar-refractivity contribution in [2.75, 3.05) is 32.7 Å². The standard InChI is InChI=1S/C25H31N5O/c1-2-13-29-14-10-21(11-15-29)30-17-22(20-9-6-12-26-16-20)23(18-30)25-27-24(28-31-25)19-7-4-3-5-8-19/h3-9,12,16,21-23H,2,10-11,13-15,17-18H2,1H3/t22-,23+/m0/s1. The molecule has 0 aliphatic carbocycles. The third-order valence-electron chi connectivity index (χ3n) is 6.86. The SMILES string of the molecule is CCCN1CCC(N2C[C@@H](c3cccnc3)[C@H](c3nc(-c4ccccc4)no3)C2)CC1. The van der Waals surface area contributed by atoms with Crippen molar-refractivity contribution < 1.29 is 4.52 Å². The Bertz CT molecular complexity index is 952. The van der Waals surface area contributed by atoms with Crippen LogP contribution in [0.25, 0.3) is 11.4 Å². The molecule has 4 heterocycles. The minimum atomic E-state index is 0.197. The summed E-state index contributed by atoms with van der Waals surface area (Å²) in [6.45, 7) is 7.89. The lowest BCUT2D eigenvalue weighted by molar-refractivity contribution is 0.124. The average Bonchev–Trinajstić information content (AvgIpc) is 3.49. The van der Waals surface area contributed by atoms with Crippen LogP contribution in [0, 0.1) is 0 Å². The van der Waals surface area contributed by atoms with Crippen molar-refractivity contribution in [2.45, 2.75) is 44.1 Å². The van der Waals surface area contributed by atoms with E-state index in [1.165, 1.54) is 44.5 Å². The highest BCUT2D eigenvalue weighted by Gasteiger charge is 2.41. The maximum absolute atomic E-state index is 5.82. The van der Waals surface area contributed by atoms with Crippen LogP contribution in [-0.2, 0) is 0 Å². The van der Waals surface area contributed by atoms with Gasteiger partial charge in [-0.2, -0.15) is 4.98 Å². The Morgan fingerprint density at radius 2 is 1.81 bits per heavy atom. The number of rotatable bonds is 6. The first-order valence-electron chi connectivity index (χ1n) is 11.6. The number of aromatic nitrogens is 3. The molecule has 2 aliphatic rings. The minimum absolute atomic E-state index is 0.197. The molecule has 0 unspecified atom stereocenters. The molecule has 2 aromatic heterocycles. The van der Waals surface area contributed by atoms with Gasteiger partial charge in [-0.1, -0.05) is 48.5 Å². The summed E-state index contributed by atoms with van der Waals surface area (Å²) >= 11 is 0. The van der Waals surface area contributed by atoms with Crippen molar-refractivity contribution >= 4 is 0 Å². The molecule has 31 heavy (non-hydrogen) atoms. The molecule has 5 rings (SSSR count). The molecule has 0 spiro atoms. The number of hydrogen-bond donors (Lipinski definition) is 0. The smallest absolute Gasteiger partial charge is 0.232 e. The summed E-state index contributed by atoms with van der Waals surface area (Å²) in [6, 6.07) is 14.9. The Kier molecular flexibility index (Phi) is 6.09. The number of likely N-dealkylation sites (tertiary alicyclic amines) is 2. The molecule has 2 atom stereocenters. The lowest BCUT2D eigenvalue weighted by Crippen LogP contribution is -2.44. The van der Waals surface area contributed by atoms with Crippen molar-refractivity contribution in [1.29, 1.82) is 0 Å². The van der Waals surface area contributed by atoms with E-state index in [0.29, 0.717) is 17.8 Å². The normalized spacial score (nSPS) is 23.4. The van der Waals surface area contributed by atoms with Crippen molar-refractivity contribution in [3.63, 3.8) is 0 Å². The van der Waals surface area contributed by atoms with Gasteiger partial charge in [0.05, 0.1) is 5.92 Å². The molecule has 162 valence electrons. The number of piperidine rings is 1. The molecular weight excluding hydrogens is 386 g/mol. The maximum atomic E-state index is 5.82. The van der Waals surface area contributed by atoms with Gasteiger partial charge < -0.3 is 9.42 Å². The summed E-state index contributed by atoms with van der Waals surface area (Å²) in [5, 5.41) is 4.30. The van der Waals surface area contributed by atoms with Crippen LogP contribution in [0.5, 0.6) is 0 Å². The summed E-state index contributed by atoms with van der Waals surface area (Å²) in [7, 11) is 0. The third-order valence-corrected chi connectivity index (χ3v) is 6.86. The van der Waals surface area contributed by atoms with Crippen LogP contribution >= 0.6 is 0 Å². The monoisotopic (exact) mass is 417 g/mol. The molecular formula is C25H31N5O. The Labute approximate surface area is 184 Å². The fourth-order valence-electron chi connectivity index (χ4n) is 5.23. The van der Waals surface area contributed by atoms with Crippen LogP contribution in [-0.4, -0.2) is 63.7 Å². The quantitative estimate of drug-likeness (QED) is 0.599. The molecule has 0 N–H and O–H groups in total. The first kappa shape index (κ1) is 20.3. The molecule has 6 nitrogen and oxygen atoms in total. The maximum Gasteiger partial charge on any atom is 0.232 e. The zero-order valence-corrected chi connectivity index (χ0v) is 18.2. The van der Waals surface area contributed by atoms with Crippen LogP contribution in [0.3, 0.4) is 0 Å². The number of nitrogens with zero attached hydrogens (tertiary/aromatic N) is 5. The van der Waals surface area contributed by atoms with Crippen LogP contribution in [0.4, 0.5) is 0 Å². The molecule has 0 bridgehead atoms. The molecule has 2 aliphatic heterocycles. The van der Waals surface area contributed by atoms with E-state index in [-0.39, 0.29) is 5.92 Å². The van der Waals surface area contributed by atoms with Crippen molar-refractivity contribution in [2.24, 2.45) is 0 Å². The summed E-state index contributed by atoms with van der Waals surface area (Å²) in [6.07, 6.45) is 7.56. The van der Waals surface area contributed by atoms with Gasteiger partial charge in [-0.05, 0) is 50.5 Å². The van der Waals surface area contributed by atoms with E-state index in [0.717, 1.165) is 24.5 Å². The first-order valence-corrected chi connectivity index (χ1v) is 11.6. The highest BCUT2D eigenvalue weighted by Crippen LogP contribution is 2.41. The lowest BCUT2D eigenvalue weighted by Gasteiger charge is -2.36. The Morgan fingerprint density at radius 1 is 1.00 bits per heavy atom. The average molecular weight is 418 g/mol. The van der Waals surface area contributed by atoms with Gasteiger partial charge in [0.1, 0.15) is 0 Å².